The second-order valence-corrected chi connectivity index (χ2v) is 10.5. The van der Waals surface area contributed by atoms with E-state index in [1.807, 2.05) is 30.5 Å². The molecule has 0 spiro atoms. The van der Waals surface area contributed by atoms with Gasteiger partial charge in [0.05, 0.1) is 28.8 Å². The fourth-order valence-electron chi connectivity index (χ4n) is 5.63. The molecule has 0 bridgehead atoms. The van der Waals surface area contributed by atoms with Crippen molar-refractivity contribution in [2.75, 3.05) is 43.4 Å². The van der Waals surface area contributed by atoms with E-state index in [4.69, 9.17) is 9.97 Å². The van der Waals surface area contributed by atoms with Gasteiger partial charge in [-0.05, 0) is 44.2 Å². The highest BCUT2D eigenvalue weighted by Gasteiger charge is 2.23. The minimum atomic E-state index is 0.0708. The van der Waals surface area contributed by atoms with Gasteiger partial charge in [0.25, 0.3) is 0 Å². The minimum Gasteiger partial charge on any atom is -0.367 e. The predicted molar refractivity (Wildman–Crippen MR) is 150 cm³/mol. The molecule has 3 N–H and O–H groups in total. The number of anilines is 2. The number of hydrogen-bond acceptors (Lipinski definition) is 8. The van der Waals surface area contributed by atoms with Crippen LogP contribution in [0.3, 0.4) is 0 Å². The zero-order chi connectivity index (χ0) is 26.3. The first kappa shape index (κ1) is 23.7. The average Bonchev–Trinajstić information content (AvgIpc) is 3.73. The first-order chi connectivity index (χ1) is 19.1. The molecule has 5 aromatic rings. The van der Waals surface area contributed by atoms with E-state index in [0.717, 1.165) is 79.8 Å². The van der Waals surface area contributed by atoms with Gasteiger partial charge in [-0.3, -0.25) is 14.9 Å². The van der Waals surface area contributed by atoms with Gasteiger partial charge in [-0.25, -0.2) is 15.0 Å². The van der Waals surface area contributed by atoms with Crippen molar-refractivity contribution in [2.24, 2.45) is 5.92 Å². The summed E-state index contributed by atoms with van der Waals surface area (Å²) in [6, 6.07) is 7.84. The Bertz CT molecular complexity index is 1660. The van der Waals surface area contributed by atoms with E-state index >= 15 is 0 Å². The van der Waals surface area contributed by atoms with Crippen LogP contribution in [-0.4, -0.2) is 79.2 Å². The largest absolute Gasteiger partial charge is 0.367 e. The number of nitrogens with zero attached hydrogens (tertiary/aromatic N) is 7. The maximum atomic E-state index is 12.6. The normalized spacial score (nSPS) is 16.9. The number of hydrogen-bond donors (Lipinski definition) is 3. The van der Waals surface area contributed by atoms with Crippen LogP contribution in [0.5, 0.6) is 0 Å². The van der Waals surface area contributed by atoms with Crippen LogP contribution in [-0.2, 0) is 4.79 Å². The van der Waals surface area contributed by atoms with Crippen LogP contribution in [0, 0.1) is 5.92 Å². The van der Waals surface area contributed by atoms with Crippen LogP contribution in [0.4, 0.5) is 11.4 Å². The third kappa shape index (κ3) is 4.48. The topological polar surface area (TPSA) is 132 Å². The van der Waals surface area contributed by atoms with Gasteiger partial charge in [-0.15, -0.1) is 0 Å². The zero-order valence-corrected chi connectivity index (χ0v) is 21.8. The molecular weight excluding hydrogens is 492 g/mol. The smallest absolute Gasteiger partial charge is 0.227 e. The van der Waals surface area contributed by atoms with Gasteiger partial charge in [0.2, 0.25) is 5.91 Å². The van der Waals surface area contributed by atoms with Crippen LogP contribution < -0.4 is 10.2 Å². The Hall–Kier alpha value is -4.38. The molecule has 2 aliphatic rings. The lowest BCUT2D eigenvalue weighted by Crippen LogP contribution is -2.44. The number of amides is 1. The lowest BCUT2D eigenvalue weighted by Gasteiger charge is -2.34. The Morgan fingerprint density at radius 2 is 1.90 bits per heavy atom. The molecule has 0 radical (unpaired) electrons. The standard InChI is InChI=1S/C28H30N10O/c1-37-10-12-38(13-11-37)22-8-9-30-26-24(22)33-27(34-26)25-23-21(35-36-25)7-6-20(32-23)18-14-19(16-29-15-18)31-28(39)17-4-2-3-5-17/h6-9,14-17H,2-5,10-13H2,1H3,(H,31,39)(H,35,36)(H,30,33,34). The molecule has 1 aliphatic carbocycles. The van der Waals surface area contributed by atoms with Gasteiger partial charge in [-0.2, -0.15) is 5.10 Å². The molecule has 1 aliphatic heterocycles. The van der Waals surface area contributed by atoms with E-state index in [1.165, 1.54) is 0 Å². The number of H-pyrrole nitrogens is 2. The molecule has 5 aromatic heterocycles. The predicted octanol–water partition coefficient (Wildman–Crippen LogP) is 3.84. The summed E-state index contributed by atoms with van der Waals surface area (Å²) in [6.45, 7) is 3.94. The monoisotopic (exact) mass is 522 g/mol. The number of carbonyl (C=O) groups is 1. The van der Waals surface area contributed by atoms with Crippen LogP contribution >= 0.6 is 0 Å². The highest BCUT2D eigenvalue weighted by Crippen LogP contribution is 2.31. The van der Waals surface area contributed by atoms with Gasteiger partial charge in [0.15, 0.2) is 17.2 Å². The van der Waals surface area contributed by atoms with Crippen molar-refractivity contribution in [1.82, 2.24) is 40.0 Å². The fourth-order valence-corrected chi connectivity index (χ4v) is 5.63. The number of piperazine rings is 1. The maximum Gasteiger partial charge on any atom is 0.227 e. The molecule has 0 aromatic carbocycles. The van der Waals surface area contributed by atoms with E-state index in [0.29, 0.717) is 28.4 Å². The molecule has 1 amide bonds. The number of imidazole rings is 1. The SMILES string of the molecule is CN1CCN(c2ccnc3nc(-c4n[nH]c5ccc(-c6cncc(NC(=O)C7CCCC7)c6)nc45)[nH]c23)CC1. The molecule has 11 heteroatoms. The van der Waals surface area contributed by atoms with E-state index in [-0.39, 0.29) is 11.8 Å². The number of aromatic nitrogens is 7. The molecule has 0 unspecified atom stereocenters. The summed E-state index contributed by atoms with van der Waals surface area (Å²) in [7, 11) is 2.15. The van der Waals surface area contributed by atoms with Crippen molar-refractivity contribution in [3.05, 3.63) is 42.9 Å². The summed E-state index contributed by atoms with van der Waals surface area (Å²) in [5.74, 6) is 0.777. The van der Waals surface area contributed by atoms with Crippen molar-refractivity contribution in [3.8, 4) is 22.8 Å². The van der Waals surface area contributed by atoms with Crippen LogP contribution in [0.2, 0.25) is 0 Å². The molecule has 6 heterocycles. The highest BCUT2D eigenvalue weighted by molar-refractivity contribution is 5.95. The lowest BCUT2D eigenvalue weighted by molar-refractivity contribution is -0.119. The van der Waals surface area contributed by atoms with Crippen LogP contribution in [0.25, 0.3) is 45.0 Å². The van der Waals surface area contributed by atoms with Gasteiger partial charge < -0.3 is 20.1 Å². The first-order valence-corrected chi connectivity index (χ1v) is 13.5. The molecular formula is C28H30N10O. The van der Waals surface area contributed by atoms with Crippen molar-refractivity contribution in [1.29, 1.82) is 0 Å². The van der Waals surface area contributed by atoms with Gasteiger partial charge in [0, 0.05) is 50.1 Å². The molecule has 1 saturated heterocycles. The van der Waals surface area contributed by atoms with E-state index < -0.39 is 0 Å². The molecule has 0 atom stereocenters. The molecule has 7 rings (SSSR count). The highest BCUT2D eigenvalue weighted by atomic mass is 16.1. The van der Waals surface area contributed by atoms with Crippen LogP contribution in [0.1, 0.15) is 25.7 Å². The zero-order valence-electron chi connectivity index (χ0n) is 21.8. The fraction of sp³-hybridized carbons (Fsp3) is 0.357. The molecule has 2 fully saturated rings. The third-order valence-corrected chi connectivity index (χ3v) is 7.87. The summed E-state index contributed by atoms with van der Waals surface area (Å²) in [6.07, 6.45) is 9.38. The molecule has 198 valence electrons. The first-order valence-electron chi connectivity index (χ1n) is 13.5. The minimum absolute atomic E-state index is 0.0708. The Balaban J connectivity index is 1.21. The van der Waals surface area contributed by atoms with Gasteiger partial charge in [-0.1, -0.05) is 12.8 Å². The number of pyridine rings is 3. The number of fused-ring (bicyclic) bond motifs is 2. The Morgan fingerprint density at radius 1 is 1.05 bits per heavy atom. The number of carbonyl (C=O) groups excluding carboxylic acids is 1. The average molecular weight is 523 g/mol. The summed E-state index contributed by atoms with van der Waals surface area (Å²) in [5.41, 5.74) is 7.03. The lowest BCUT2D eigenvalue weighted by atomic mass is 10.1. The second kappa shape index (κ2) is 9.73. The summed E-state index contributed by atoms with van der Waals surface area (Å²) in [5, 5.41) is 10.7. The summed E-state index contributed by atoms with van der Waals surface area (Å²) in [4.78, 5) is 39.4. The van der Waals surface area contributed by atoms with Gasteiger partial charge >= 0.3 is 0 Å². The molecule has 1 saturated carbocycles. The van der Waals surface area contributed by atoms with E-state index in [2.05, 4.69) is 47.3 Å². The Labute approximate surface area is 225 Å². The van der Waals surface area contributed by atoms with Crippen molar-refractivity contribution < 1.29 is 4.79 Å². The number of rotatable bonds is 5. The number of nitrogens with one attached hydrogen (secondary N) is 3. The summed E-state index contributed by atoms with van der Waals surface area (Å²) >= 11 is 0. The van der Waals surface area contributed by atoms with Crippen LogP contribution in [0.15, 0.2) is 42.9 Å². The van der Waals surface area contributed by atoms with Crippen molar-refractivity contribution >= 4 is 39.5 Å². The van der Waals surface area contributed by atoms with Crippen molar-refractivity contribution in [3.63, 3.8) is 0 Å². The number of aromatic amines is 2. The van der Waals surface area contributed by atoms with Crippen molar-refractivity contribution in [2.45, 2.75) is 25.7 Å². The number of likely N-dealkylation sites (N-methyl/N-ethyl adjacent to an activating group) is 1. The van der Waals surface area contributed by atoms with E-state index in [1.54, 1.807) is 12.4 Å². The van der Waals surface area contributed by atoms with Gasteiger partial charge in [0.1, 0.15) is 11.0 Å². The molecule has 39 heavy (non-hydrogen) atoms. The second-order valence-electron chi connectivity index (χ2n) is 10.5. The summed E-state index contributed by atoms with van der Waals surface area (Å²) < 4.78 is 0. The van der Waals surface area contributed by atoms with E-state index in [9.17, 15) is 4.79 Å². The molecule has 11 nitrogen and oxygen atoms in total. The quantitative estimate of drug-likeness (QED) is 0.317. The third-order valence-electron chi connectivity index (χ3n) is 7.87. The Kier molecular flexibility index (Phi) is 5.92. The maximum absolute atomic E-state index is 12.6. The Morgan fingerprint density at radius 3 is 2.74 bits per heavy atom.